The molecule has 0 amide bonds. The zero-order valence-corrected chi connectivity index (χ0v) is 18.2. The molecule has 0 saturated carbocycles. The molecule has 0 radical (unpaired) electrons. The summed E-state index contributed by atoms with van der Waals surface area (Å²) in [4.78, 5) is 0. The van der Waals surface area contributed by atoms with Gasteiger partial charge in [-0.2, -0.15) is 9.46 Å². The molecule has 2 rings (SSSR count). The molecule has 0 fully saturated rings. The summed E-state index contributed by atoms with van der Waals surface area (Å²) in [5.41, 5.74) is 0. The van der Waals surface area contributed by atoms with Crippen molar-refractivity contribution in [3.8, 4) is 0 Å². The third-order valence-corrected chi connectivity index (χ3v) is 4.12. The second kappa shape index (κ2) is 15.8. The van der Waals surface area contributed by atoms with E-state index >= 15 is 0 Å². The number of pyridine rings is 2. The molecule has 2 aromatic rings. The Morgan fingerprint density at radius 1 is 0.640 bits per heavy atom. The normalized spacial score (nSPS) is 9.44. The molecule has 25 heavy (non-hydrogen) atoms. The Balaban J connectivity index is 0. The monoisotopic (exact) mass is 482 g/mol. The first-order chi connectivity index (χ1) is 11.2. The van der Waals surface area contributed by atoms with Gasteiger partial charge in [0, 0.05) is 45.9 Å². The summed E-state index contributed by atoms with van der Waals surface area (Å²) in [6, 6.07) is 10.3. The molecule has 0 aromatic carbocycles. The van der Waals surface area contributed by atoms with E-state index in [9.17, 15) is 10.4 Å². The third kappa shape index (κ3) is 15.5. The third-order valence-electron chi connectivity index (χ3n) is 1.79. The van der Waals surface area contributed by atoms with Crippen LogP contribution in [0.3, 0.4) is 0 Å². The molecule has 0 spiro atoms. The predicted octanol–water partition coefficient (Wildman–Crippen LogP) is -5.38. The fourth-order valence-corrected chi connectivity index (χ4v) is 3.03. The summed E-state index contributed by atoms with van der Waals surface area (Å²) >= 11 is 0. The van der Waals surface area contributed by atoms with E-state index in [1.165, 1.54) is 34.0 Å². The summed E-state index contributed by atoms with van der Waals surface area (Å²) < 4.78 is 52.0. The summed E-state index contributed by atoms with van der Waals surface area (Å²) in [5, 5.41) is 23.8. The molecule has 10 nitrogen and oxygen atoms in total. The van der Waals surface area contributed by atoms with Crippen molar-refractivity contribution in [1.82, 2.24) is 0 Å². The van der Waals surface area contributed by atoms with Gasteiger partial charge in [-0.3, -0.25) is 0 Å². The summed E-state index contributed by atoms with van der Waals surface area (Å²) in [6.07, 6.45) is 2.86. The molecule has 2 heterocycles. The maximum atomic E-state index is 11.3. The number of aromatic nitrogens is 2. The molecular formula is C10H8Cl2N2O8S2Zn. The van der Waals surface area contributed by atoms with E-state index in [1.54, 1.807) is 36.4 Å². The first-order valence-electron chi connectivity index (χ1n) is 5.41. The SMILES string of the molecule is [O-][Cl+2]([O-])[O-].[O-][Cl+2]([O-])[O-].[O-][n+]1ccccc1SSc1cccc[n+]1[O-].[Zn+2]. The smallest absolute Gasteiger partial charge is 0.618 e. The minimum absolute atomic E-state index is 0. The van der Waals surface area contributed by atoms with E-state index < -0.39 is 21.6 Å². The number of hydrogen-bond donors (Lipinski definition) is 0. The van der Waals surface area contributed by atoms with E-state index in [0.29, 0.717) is 10.1 Å². The zero-order chi connectivity index (χ0) is 18.5. The molecule has 0 unspecified atom stereocenters. The van der Waals surface area contributed by atoms with E-state index in [1.807, 2.05) is 0 Å². The zero-order valence-electron chi connectivity index (χ0n) is 12.1. The van der Waals surface area contributed by atoms with Crippen LogP contribution in [-0.2, 0) is 19.5 Å². The maximum Gasteiger partial charge on any atom is 2.00 e. The van der Waals surface area contributed by atoms with Gasteiger partial charge in [-0.1, -0.05) is 0 Å². The Kier molecular flexibility index (Phi) is 16.9. The van der Waals surface area contributed by atoms with Crippen LogP contribution in [-0.4, -0.2) is 0 Å². The Bertz CT molecular complexity index is 545. The summed E-state index contributed by atoms with van der Waals surface area (Å²) in [6.45, 7) is 0. The van der Waals surface area contributed by atoms with Crippen LogP contribution in [0.1, 0.15) is 0 Å². The average Bonchev–Trinajstić information content (AvgIpc) is 2.47. The van der Waals surface area contributed by atoms with Gasteiger partial charge < -0.3 is 38.4 Å². The van der Waals surface area contributed by atoms with Crippen LogP contribution >= 0.6 is 21.6 Å². The molecule has 0 saturated heterocycles. The van der Waals surface area contributed by atoms with Crippen LogP contribution in [0.5, 0.6) is 0 Å². The quantitative estimate of drug-likeness (QED) is 0.176. The topological polar surface area (TPSA) is 192 Å². The molecule has 0 aliphatic carbocycles. The molecule has 0 bridgehead atoms. The first kappa shape index (κ1) is 26.8. The molecule has 134 valence electrons. The largest absolute Gasteiger partial charge is 2.00 e. The molecule has 0 aliphatic heterocycles. The van der Waals surface area contributed by atoms with Gasteiger partial charge in [0.25, 0.3) is 10.1 Å². The Morgan fingerprint density at radius 2 is 0.920 bits per heavy atom. The van der Waals surface area contributed by atoms with Crippen molar-refractivity contribution in [1.29, 1.82) is 0 Å². The van der Waals surface area contributed by atoms with Crippen molar-refractivity contribution in [3.05, 3.63) is 59.2 Å². The van der Waals surface area contributed by atoms with Crippen LogP contribution in [0.4, 0.5) is 0 Å². The second-order valence-corrected chi connectivity index (χ2v) is 6.20. The Morgan fingerprint density at radius 3 is 1.16 bits per heavy atom. The Labute approximate surface area is 168 Å². The van der Waals surface area contributed by atoms with Crippen molar-refractivity contribution in [3.63, 3.8) is 0 Å². The minimum Gasteiger partial charge on any atom is -0.618 e. The van der Waals surface area contributed by atoms with Crippen LogP contribution in [0.15, 0.2) is 58.8 Å². The van der Waals surface area contributed by atoms with Gasteiger partial charge in [0.05, 0.1) is 21.6 Å². The number of hydrogen-bond acceptors (Lipinski definition) is 10. The number of halogens is 2. The van der Waals surface area contributed by atoms with Gasteiger partial charge in [0.1, 0.15) is 0 Å². The molecule has 0 aliphatic rings. The number of rotatable bonds is 3. The standard InChI is InChI=1S/C10H8N2O2S2.2ClO3.Zn/c13-11-7-3-1-5-9(11)15-16-10-6-2-4-8-12(10)14;2*2-1(3)4;/h1-8H;;;/q;2*-1;+2. The van der Waals surface area contributed by atoms with E-state index in [-0.39, 0.29) is 19.5 Å². The molecular weight excluding hydrogens is 477 g/mol. The molecule has 2 aromatic heterocycles. The van der Waals surface area contributed by atoms with Crippen LogP contribution in [0.25, 0.3) is 0 Å². The second-order valence-electron chi connectivity index (χ2n) is 3.27. The van der Waals surface area contributed by atoms with Gasteiger partial charge in [-0.05, 0) is 12.1 Å². The maximum absolute atomic E-state index is 11.3. The fraction of sp³-hybridized carbons (Fsp3) is 0. The van der Waals surface area contributed by atoms with Crippen molar-refractivity contribution in [2.75, 3.05) is 0 Å². The van der Waals surface area contributed by atoms with Gasteiger partial charge >= 0.3 is 19.5 Å². The van der Waals surface area contributed by atoms with E-state index in [4.69, 9.17) is 28.0 Å². The number of nitrogens with zero attached hydrogens (tertiary/aromatic N) is 2. The molecule has 15 heteroatoms. The summed E-state index contributed by atoms with van der Waals surface area (Å²) in [5.74, 6) is 0. The first-order valence-corrected chi connectivity index (χ1v) is 9.41. The average molecular weight is 485 g/mol. The fourth-order valence-electron chi connectivity index (χ4n) is 1.04. The van der Waals surface area contributed by atoms with Gasteiger partial charge in [0.15, 0.2) is 12.4 Å². The Hall–Kier alpha value is -0.437. The van der Waals surface area contributed by atoms with Gasteiger partial charge in [-0.25, -0.2) is 0 Å². The van der Waals surface area contributed by atoms with Crippen molar-refractivity contribution in [2.24, 2.45) is 0 Å². The van der Waals surface area contributed by atoms with Gasteiger partial charge in [-0.15, -0.1) is 0 Å². The van der Waals surface area contributed by atoms with Crippen LogP contribution in [0.2, 0.25) is 0 Å². The van der Waals surface area contributed by atoms with Crippen LogP contribution in [0, 0.1) is 32.0 Å². The molecule has 0 atom stereocenters. The predicted molar refractivity (Wildman–Crippen MR) is 62.5 cm³/mol. The van der Waals surface area contributed by atoms with Gasteiger partial charge in [0.2, 0.25) is 0 Å². The van der Waals surface area contributed by atoms with Crippen molar-refractivity contribution >= 4 is 21.6 Å². The molecule has 0 N–H and O–H groups in total. The van der Waals surface area contributed by atoms with E-state index in [0.717, 1.165) is 9.46 Å². The van der Waals surface area contributed by atoms with Crippen molar-refractivity contribution < 1.29 is 78.5 Å². The van der Waals surface area contributed by atoms with Crippen LogP contribution < -0.4 is 37.4 Å². The summed E-state index contributed by atoms with van der Waals surface area (Å²) in [7, 11) is -3.18. The van der Waals surface area contributed by atoms with Crippen molar-refractivity contribution in [2.45, 2.75) is 10.1 Å². The minimum atomic E-state index is -2.85. The van der Waals surface area contributed by atoms with E-state index in [2.05, 4.69) is 0 Å².